The first-order chi connectivity index (χ1) is 16.5. The first-order valence-corrected chi connectivity index (χ1v) is 14.8. The third-order valence-corrected chi connectivity index (χ3v) is 10.7. The van der Waals surface area contributed by atoms with Crippen LogP contribution in [0.25, 0.3) is 0 Å². The minimum atomic E-state index is -0.461. The maximum atomic E-state index is 2.57. The van der Waals surface area contributed by atoms with Crippen LogP contribution in [0.1, 0.15) is 35.1 Å². The molecule has 0 aromatic heterocycles. The summed E-state index contributed by atoms with van der Waals surface area (Å²) in [6.07, 6.45) is 7.31. The molecule has 0 unspecified atom stereocenters. The number of unbranched alkanes of at least 4 members (excludes halogenated alkanes) is 1. The van der Waals surface area contributed by atoms with Gasteiger partial charge < -0.3 is 0 Å². The normalized spacial score (nSPS) is 11.4. The Morgan fingerprint density at radius 2 is 0.588 bits per heavy atom. The maximum Gasteiger partial charge on any atom is -0.00549 e. The zero-order valence-electron chi connectivity index (χ0n) is 20.7. The molecule has 0 heterocycles. The molecule has 0 bridgehead atoms. The van der Waals surface area contributed by atoms with Gasteiger partial charge in [-0.15, -0.1) is 0 Å². The highest BCUT2D eigenvalue weighted by Gasteiger charge is 2.17. The Labute approximate surface area is 209 Å². The largest absolute Gasteiger partial charge is 0.0587 e. The minimum Gasteiger partial charge on any atom is -0.0587 e. The Bertz CT molecular complexity index is 970. The molecular formula is C32H34P2. The molecule has 4 aromatic carbocycles. The van der Waals surface area contributed by atoms with Crippen molar-refractivity contribution in [2.45, 2.75) is 40.5 Å². The van der Waals surface area contributed by atoms with Crippen molar-refractivity contribution < 1.29 is 0 Å². The lowest BCUT2D eigenvalue weighted by Crippen LogP contribution is -2.13. The van der Waals surface area contributed by atoms with E-state index in [0.717, 1.165) is 12.8 Å². The molecular weight excluding hydrogens is 446 g/mol. The van der Waals surface area contributed by atoms with Gasteiger partial charge in [0.05, 0.1) is 0 Å². The standard InChI is InChI=1S/C32H34P2/c1-25-7-15-29(16-8-25)33(30-17-9-26(2)10-18-30)23-5-6-24-34(31-19-11-27(3)12-20-31)32-21-13-28(4)14-22-32/h7-24H,5-6H2,1-4H3. The van der Waals surface area contributed by atoms with Crippen molar-refractivity contribution in [3.8, 4) is 0 Å². The second-order valence-electron chi connectivity index (χ2n) is 9.02. The average molecular weight is 481 g/mol. The van der Waals surface area contributed by atoms with Crippen molar-refractivity contribution in [3.05, 3.63) is 132 Å². The summed E-state index contributed by atoms with van der Waals surface area (Å²) in [6, 6.07) is 36.4. The first-order valence-electron chi connectivity index (χ1n) is 12.0. The number of hydrogen-bond acceptors (Lipinski definition) is 0. The first kappa shape index (κ1) is 24.9. The molecule has 2 radical (unpaired) electrons. The third-order valence-electron chi connectivity index (χ3n) is 6.04. The molecule has 0 aliphatic rings. The number of benzene rings is 4. The van der Waals surface area contributed by atoms with Crippen molar-refractivity contribution >= 4 is 37.1 Å². The average Bonchev–Trinajstić information content (AvgIpc) is 2.85. The summed E-state index contributed by atoms with van der Waals surface area (Å²) in [5.74, 6) is 0. The fraction of sp³-hybridized carbons (Fsp3) is 0.188. The molecule has 172 valence electrons. The van der Waals surface area contributed by atoms with Crippen LogP contribution in [0.4, 0.5) is 0 Å². The predicted molar refractivity (Wildman–Crippen MR) is 155 cm³/mol. The van der Waals surface area contributed by atoms with Crippen LogP contribution in [0.15, 0.2) is 97.1 Å². The minimum absolute atomic E-state index is 0.461. The van der Waals surface area contributed by atoms with Gasteiger partial charge >= 0.3 is 0 Å². The van der Waals surface area contributed by atoms with Crippen molar-refractivity contribution in [1.29, 1.82) is 0 Å². The fourth-order valence-corrected chi connectivity index (χ4v) is 8.08. The zero-order chi connectivity index (χ0) is 23.9. The lowest BCUT2D eigenvalue weighted by atomic mass is 10.2. The molecule has 4 aromatic rings. The van der Waals surface area contributed by atoms with E-state index >= 15 is 0 Å². The Hall–Kier alpha value is -2.26. The molecule has 0 aliphatic carbocycles. The molecule has 0 saturated heterocycles. The molecule has 0 N–H and O–H groups in total. The van der Waals surface area contributed by atoms with Gasteiger partial charge in [-0.05, 0) is 89.9 Å². The summed E-state index contributed by atoms with van der Waals surface area (Å²) in [6.45, 7) is 8.65. The maximum absolute atomic E-state index is 2.57. The molecule has 0 spiro atoms. The molecule has 0 nitrogen and oxygen atoms in total. The van der Waals surface area contributed by atoms with Crippen LogP contribution in [0, 0.1) is 40.0 Å². The smallest absolute Gasteiger partial charge is 0.00549 e. The molecule has 0 amide bonds. The molecule has 0 atom stereocenters. The van der Waals surface area contributed by atoms with Gasteiger partial charge in [0.15, 0.2) is 0 Å². The Balaban J connectivity index is 1.48. The third kappa shape index (κ3) is 6.66. The Morgan fingerprint density at radius 3 is 0.794 bits per heavy atom. The Morgan fingerprint density at radius 1 is 0.382 bits per heavy atom. The summed E-state index contributed by atoms with van der Waals surface area (Å²) in [5.41, 5.74) is 5.27. The highest BCUT2D eigenvalue weighted by Crippen LogP contribution is 2.43. The number of aryl methyl sites for hydroxylation is 4. The van der Waals surface area contributed by atoms with Crippen LogP contribution < -0.4 is 21.2 Å². The summed E-state index contributed by atoms with van der Waals surface area (Å²) < 4.78 is 0. The van der Waals surface area contributed by atoms with Gasteiger partial charge in [-0.3, -0.25) is 0 Å². The van der Waals surface area contributed by atoms with Crippen molar-refractivity contribution in [2.24, 2.45) is 0 Å². The van der Waals surface area contributed by atoms with E-state index in [1.54, 1.807) is 0 Å². The second-order valence-corrected chi connectivity index (χ2v) is 13.3. The van der Waals surface area contributed by atoms with Gasteiger partial charge in [0.2, 0.25) is 0 Å². The monoisotopic (exact) mass is 480 g/mol. The van der Waals surface area contributed by atoms with Gasteiger partial charge in [0.1, 0.15) is 0 Å². The topological polar surface area (TPSA) is 0 Å². The Kier molecular flexibility index (Phi) is 8.72. The van der Waals surface area contributed by atoms with E-state index in [4.69, 9.17) is 0 Å². The lowest BCUT2D eigenvalue weighted by molar-refractivity contribution is 1.01. The van der Waals surface area contributed by atoms with Crippen LogP contribution >= 0.6 is 15.8 Å². The van der Waals surface area contributed by atoms with E-state index in [9.17, 15) is 0 Å². The van der Waals surface area contributed by atoms with E-state index in [1.165, 1.54) is 43.5 Å². The SMILES string of the molecule is Cc1ccc(P([CH]CC[CH]P(c2ccc(C)cc2)c2ccc(C)cc2)c2ccc(C)cc2)cc1. The van der Waals surface area contributed by atoms with Gasteiger partial charge in [0.25, 0.3) is 0 Å². The summed E-state index contributed by atoms with van der Waals surface area (Å²) in [4.78, 5) is 0. The van der Waals surface area contributed by atoms with Crippen LogP contribution in [0.3, 0.4) is 0 Å². The molecule has 0 aliphatic heterocycles. The second kappa shape index (κ2) is 11.9. The van der Waals surface area contributed by atoms with Crippen LogP contribution in [0.5, 0.6) is 0 Å². The van der Waals surface area contributed by atoms with Crippen molar-refractivity contribution in [2.75, 3.05) is 0 Å². The molecule has 0 fully saturated rings. The van der Waals surface area contributed by atoms with E-state index < -0.39 is 15.8 Å². The van der Waals surface area contributed by atoms with Crippen molar-refractivity contribution in [3.63, 3.8) is 0 Å². The summed E-state index contributed by atoms with van der Waals surface area (Å²) in [5, 5.41) is 5.74. The quantitative estimate of drug-likeness (QED) is 0.171. The van der Waals surface area contributed by atoms with Gasteiger partial charge in [-0.1, -0.05) is 119 Å². The molecule has 2 heteroatoms. The van der Waals surface area contributed by atoms with E-state index in [0.29, 0.717) is 0 Å². The molecule has 34 heavy (non-hydrogen) atoms. The van der Waals surface area contributed by atoms with E-state index in [1.807, 2.05) is 0 Å². The van der Waals surface area contributed by atoms with Gasteiger partial charge in [0, 0.05) is 0 Å². The predicted octanol–water partition coefficient (Wildman–Crippen LogP) is 7.59. The van der Waals surface area contributed by atoms with E-state index in [2.05, 4.69) is 137 Å². The van der Waals surface area contributed by atoms with Crippen molar-refractivity contribution in [1.82, 2.24) is 0 Å². The lowest BCUT2D eigenvalue weighted by Gasteiger charge is -2.21. The summed E-state index contributed by atoms with van der Waals surface area (Å²) in [7, 11) is -0.923. The molecule has 0 saturated carbocycles. The van der Waals surface area contributed by atoms with Gasteiger partial charge in [-0.25, -0.2) is 0 Å². The highest BCUT2D eigenvalue weighted by molar-refractivity contribution is 7.75. The van der Waals surface area contributed by atoms with Crippen LogP contribution in [-0.4, -0.2) is 0 Å². The van der Waals surface area contributed by atoms with Crippen LogP contribution in [0.2, 0.25) is 0 Å². The number of hydrogen-bond donors (Lipinski definition) is 0. The summed E-state index contributed by atoms with van der Waals surface area (Å²) >= 11 is 0. The number of rotatable bonds is 9. The molecule has 4 rings (SSSR count). The van der Waals surface area contributed by atoms with E-state index in [-0.39, 0.29) is 0 Å². The highest BCUT2D eigenvalue weighted by atomic mass is 31.1. The van der Waals surface area contributed by atoms with Crippen LogP contribution in [-0.2, 0) is 0 Å². The fourth-order valence-electron chi connectivity index (χ4n) is 3.95. The zero-order valence-corrected chi connectivity index (χ0v) is 22.5. The van der Waals surface area contributed by atoms with Gasteiger partial charge in [-0.2, -0.15) is 0 Å².